The van der Waals surface area contributed by atoms with Crippen LogP contribution in [0.15, 0.2) is 29.4 Å². The predicted octanol–water partition coefficient (Wildman–Crippen LogP) is 1.24. The lowest BCUT2D eigenvalue weighted by atomic mass is 10.1. The van der Waals surface area contributed by atoms with Gasteiger partial charge in [0.2, 0.25) is 0 Å². The Kier molecular flexibility index (Phi) is 5.05. The summed E-state index contributed by atoms with van der Waals surface area (Å²) in [6, 6.07) is 6.81. The first-order chi connectivity index (χ1) is 8.83. The van der Waals surface area contributed by atoms with Gasteiger partial charge in [-0.15, -0.1) is 0 Å². The van der Waals surface area contributed by atoms with E-state index in [1.165, 1.54) is 0 Å². The van der Waals surface area contributed by atoms with Crippen molar-refractivity contribution < 1.29 is 22.2 Å². The molecule has 0 saturated carbocycles. The zero-order chi connectivity index (χ0) is 14.5. The van der Waals surface area contributed by atoms with Gasteiger partial charge >= 0.3 is 16.1 Å². The standard InChI is InChI=1S/C12H15NO5S/c1-4-17-12(14)11(13-18-19(3,15)16)10-7-5-9(2)6-8-10/h5-8H,4H2,1-3H3. The molecule has 0 saturated heterocycles. The number of hydrogen-bond donors (Lipinski definition) is 0. The maximum atomic E-state index is 11.7. The maximum Gasteiger partial charge on any atom is 0.361 e. The van der Waals surface area contributed by atoms with Gasteiger partial charge in [-0.2, -0.15) is 8.42 Å². The minimum atomic E-state index is -3.78. The monoisotopic (exact) mass is 285 g/mol. The van der Waals surface area contributed by atoms with Gasteiger partial charge in [-0.1, -0.05) is 35.0 Å². The molecule has 1 rings (SSSR count). The predicted molar refractivity (Wildman–Crippen MR) is 70.3 cm³/mol. The van der Waals surface area contributed by atoms with Crippen LogP contribution >= 0.6 is 0 Å². The molecule has 19 heavy (non-hydrogen) atoms. The minimum Gasteiger partial charge on any atom is -0.461 e. The van der Waals surface area contributed by atoms with Crippen LogP contribution in [0, 0.1) is 6.92 Å². The zero-order valence-corrected chi connectivity index (χ0v) is 11.7. The summed E-state index contributed by atoms with van der Waals surface area (Å²) < 4.78 is 31.0. The quantitative estimate of drug-likeness (QED) is 0.462. The fourth-order valence-corrected chi connectivity index (χ4v) is 1.43. The lowest BCUT2D eigenvalue weighted by Crippen LogP contribution is -2.20. The van der Waals surface area contributed by atoms with E-state index in [1.807, 2.05) is 6.92 Å². The topological polar surface area (TPSA) is 82.0 Å². The highest BCUT2D eigenvalue weighted by molar-refractivity contribution is 7.85. The Hall–Kier alpha value is -1.89. The first-order valence-electron chi connectivity index (χ1n) is 5.54. The fraction of sp³-hybridized carbons (Fsp3) is 0.333. The second-order valence-corrected chi connectivity index (χ2v) is 5.36. The van der Waals surface area contributed by atoms with Crippen LogP contribution in [0.5, 0.6) is 0 Å². The molecule has 1 aromatic carbocycles. The summed E-state index contributed by atoms with van der Waals surface area (Å²) in [7, 11) is -3.78. The van der Waals surface area contributed by atoms with Crippen LogP contribution in [0.25, 0.3) is 0 Å². The Bertz CT molecular complexity index is 575. The fourth-order valence-electron chi connectivity index (χ4n) is 1.22. The number of esters is 1. The van der Waals surface area contributed by atoms with Gasteiger partial charge in [0.05, 0.1) is 12.9 Å². The molecule has 0 aliphatic rings. The third kappa shape index (κ3) is 5.09. The number of hydrogen-bond acceptors (Lipinski definition) is 6. The molecular formula is C12H15NO5S. The van der Waals surface area contributed by atoms with E-state index >= 15 is 0 Å². The third-order valence-electron chi connectivity index (χ3n) is 2.06. The van der Waals surface area contributed by atoms with Crippen LogP contribution in [0.4, 0.5) is 0 Å². The maximum absolute atomic E-state index is 11.7. The molecule has 0 aromatic heterocycles. The Morgan fingerprint density at radius 2 is 1.84 bits per heavy atom. The van der Waals surface area contributed by atoms with E-state index in [-0.39, 0.29) is 12.3 Å². The molecule has 0 N–H and O–H groups in total. The molecule has 0 radical (unpaired) electrons. The van der Waals surface area contributed by atoms with Crippen molar-refractivity contribution in [3.05, 3.63) is 35.4 Å². The number of carbonyl (C=O) groups excluding carboxylic acids is 1. The first-order valence-corrected chi connectivity index (χ1v) is 7.36. The van der Waals surface area contributed by atoms with E-state index < -0.39 is 16.1 Å². The van der Waals surface area contributed by atoms with Crippen LogP contribution < -0.4 is 0 Å². The van der Waals surface area contributed by atoms with Crippen LogP contribution in [0.3, 0.4) is 0 Å². The normalized spacial score (nSPS) is 12.1. The van der Waals surface area contributed by atoms with Crippen molar-refractivity contribution in [2.24, 2.45) is 5.16 Å². The molecule has 0 atom stereocenters. The SMILES string of the molecule is CCOC(=O)C(=NOS(C)(=O)=O)c1ccc(C)cc1. The Morgan fingerprint density at radius 3 is 2.32 bits per heavy atom. The van der Waals surface area contributed by atoms with Crippen molar-refractivity contribution in [1.82, 2.24) is 0 Å². The molecule has 1 aromatic rings. The van der Waals surface area contributed by atoms with Gasteiger partial charge < -0.3 is 4.74 Å². The average molecular weight is 285 g/mol. The van der Waals surface area contributed by atoms with E-state index in [0.717, 1.165) is 11.8 Å². The number of aryl methyl sites for hydroxylation is 1. The smallest absolute Gasteiger partial charge is 0.361 e. The lowest BCUT2D eigenvalue weighted by Gasteiger charge is -2.05. The van der Waals surface area contributed by atoms with Crippen molar-refractivity contribution in [2.45, 2.75) is 13.8 Å². The lowest BCUT2D eigenvalue weighted by molar-refractivity contribution is -0.135. The van der Waals surface area contributed by atoms with Crippen LogP contribution in [0.1, 0.15) is 18.1 Å². The summed E-state index contributed by atoms with van der Waals surface area (Å²) >= 11 is 0. The summed E-state index contributed by atoms with van der Waals surface area (Å²) in [4.78, 5) is 11.7. The molecule has 0 heterocycles. The number of nitrogens with zero attached hydrogens (tertiary/aromatic N) is 1. The molecule has 0 spiro atoms. The van der Waals surface area contributed by atoms with E-state index in [0.29, 0.717) is 5.56 Å². The van der Waals surface area contributed by atoms with E-state index in [2.05, 4.69) is 9.44 Å². The minimum absolute atomic E-state index is 0.155. The molecule has 0 aliphatic carbocycles. The second-order valence-electron chi connectivity index (χ2n) is 3.81. The van der Waals surface area contributed by atoms with E-state index in [9.17, 15) is 13.2 Å². The van der Waals surface area contributed by atoms with Crippen LogP contribution in [-0.2, 0) is 23.9 Å². The highest BCUT2D eigenvalue weighted by atomic mass is 32.2. The highest BCUT2D eigenvalue weighted by Gasteiger charge is 2.17. The summed E-state index contributed by atoms with van der Waals surface area (Å²) in [5.74, 6) is -0.741. The van der Waals surface area contributed by atoms with Gasteiger partial charge in [0.1, 0.15) is 0 Å². The van der Waals surface area contributed by atoms with Gasteiger partial charge in [0.15, 0.2) is 5.71 Å². The molecular weight excluding hydrogens is 270 g/mol. The number of benzene rings is 1. The third-order valence-corrected chi connectivity index (χ3v) is 2.40. The number of ether oxygens (including phenoxy) is 1. The van der Waals surface area contributed by atoms with Crippen molar-refractivity contribution in [3.8, 4) is 0 Å². The van der Waals surface area contributed by atoms with E-state index in [4.69, 9.17) is 4.74 Å². The van der Waals surface area contributed by atoms with Gasteiger partial charge in [-0.05, 0) is 13.8 Å². The molecule has 0 bridgehead atoms. The Labute approximate surface area is 112 Å². The zero-order valence-electron chi connectivity index (χ0n) is 10.9. The molecule has 104 valence electrons. The van der Waals surface area contributed by atoms with Crippen molar-refractivity contribution in [3.63, 3.8) is 0 Å². The number of oxime groups is 1. The summed E-state index contributed by atoms with van der Waals surface area (Å²) in [5.41, 5.74) is 1.23. The first kappa shape index (κ1) is 15.2. The highest BCUT2D eigenvalue weighted by Crippen LogP contribution is 2.07. The van der Waals surface area contributed by atoms with Gasteiger partial charge in [0.25, 0.3) is 0 Å². The molecule has 0 unspecified atom stereocenters. The van der Waals surface area contributed by atoms with Gasteiger partial charge in [-0.3, -0.25) is 4.28 Å². The van der Waals surface area contributed by atoms with Crippen molar-refractivity contribution in [2.75, 3.05) is 12.9 Å². The average Bonchev–Trinajstić information content (AvgIpc) is 2.30. The van der Waals surface area contributed by atoms with Gasteiger partial charge in [0, 0.05) is 5.56 Å². The largest absolute Gasteiger partial charge is 0.461 e. The van der Waals surface area contributed by atoms with E-state index in [1.54, 1.807) is 31.2 Å². The molecule has 6 nitrogen and oxygen atoms in total. The Balaban J connectivity index is 3.12. The molecule has 7 heteroatoms. The van der Waals surface area contributed by atoms with Crippen LogP contribution in [0.2, 0.25) is 0 Å². The Morgan fingerprint density at radius 1 is 1.26 bits per heavy atom. The summed E-state index contributed by atoms with van der Waals surface area (Å²) in [6.07, 6.45) is 0.842. The van der Waals surface area contributed by atoms with Gasteiger partial charge in [-0.25, -0.2) is 4.79 Å². The van der Waals surface area contributed by atoms with Crippen LogP contribution in [-0.4, -0.2) is 33.0 Å². The summed E-state index contributed by atoms with van der Waals surface area (Å²) in [6.45, 7) is 3.68. The second kappa shape index (κ2) is 6.33. The molecule has 0 fully saturated rings. The molecule has 0 amide bonds. The van der Waals surface area contributed by atoms with Crippen molar-refractivity contribution in [1.29, 1.82) is 0 Å². The van der Waals surface area contributed by atoms with Crippen molar-refractivity contribution >= 4 is 21.8 Å². The number of rotatable bonds is 5. The summed E-state index contributed by atoms with van der Waals surface area (Å²) in [5, 5.41) is 3.37. The molecule has 0 aliphatic heterocycles. The number of carbonyl (C=O) groups is 1.